The van der Waals surface area contributed by atoms with Crippen LogP contribution in [-0.4, -0.2) is 23.4 Å². The molecule has 0 aliphatic heterocycles. The highest BCUT2D eigenvalue weighted by molar-refractivity contribution is 9.10. The zero-order valence-electron chi connectivity index (χ0n) is 11.6. The summed E-state index contributed by atoms with van der Waals surface area (Å²) in [4.78, 5) is 0. The van der Waals surface area contributed by atoms with E-state index in [1.54, 1.807) is 0 Å². The van der Waals surface area contributed by atoms with E-state index in [9.17, 15) is 0 Å². The smallest absolute Gasteiger partial charge is 0.0766 e. The van der Waals surface area contributed by atoms with Gasteiger partial charge >= 0.3 is 0 Å². The molecule has 3 nitrogen and oxygen atoms in total. The topological polar surface area (TPSA) is 29.9 Å². The summed E-state index contributed by atoms with van der Waals surface area (Å²) in [6.45, 7) is 7.83. The second-order valence-electron chi connectivity index (χ2n) is 5.38. The zero-order valence-corrected chi connectivity index (χ0v) is 13.2. The number of aromatic nitrogens is 2. The number of aryl methyl sites for hydroxylation is 2. The van der Waals surface area contributed by atoms with Crippen molar-refractivity contribution in [1.82, 2.24) is 15.1 Å². The highest BCUT2D eigenvalue weighted by Crippen LogP contribution is 2.30. The van der Waals surface area contributed by atoms with Crippen LogP contribution in [0.1, 0.15) is 38.6 Å². The molecule has 0 aliphatic carbocycles. The second-order valence-corrected chi connectivity index (χ2v) is 6.17. The molecule has 1 N–H and O–H groups in total. The van der Waals surface area contributed by atoms with Gasteiger partial charge in [-0.2, -0.15) is 5.10 Å². The Morgan fingerprint density at radius 3 is 2.53 bits per heavy atom. The van der Waals surface area contributed by atoms with Crippen LogP contribution < -0.4 is 5.32 Å². The first-order valence-electron chi connectivity index (χ1n) is 6.26. The Hall–Kier alpha value is -0.350. The van der Waals surface area contributed by atoms with Gasteiger partial charge in [0.05, 0.1) is 15.9 Å². The Morgan fingerprint density at radius 2 is 2.06 bits per heavy atom. The number of nitrogens with one attached hydrogen (secondary N) is 1. The number of rotatable bonds is 6. The molecule has 0 unspecified atom stereocenters. The van der Waals surface area contributed by atoms with E-state index < -0.39 is 0 Å². The van der Waals surface area contributed by atoms with Gasteiger partial charge in [-0.05, 0) is 54.2 Å². The molecule has 0 aliphatic rings. The number of hydrogen-bond acceptors (Lipinski definition) is 2. The van der Waals surface area contributed by atoms with E-state index in [0.29, 0.717) is 5.41 Å². The van der Waals surface area contributed by atoms with Gasteiger partial charge in [-0.25, -0.2) is 0 Å². The summed E-state index contributed by atoms with van der Waals surface area (Å²) in [7, 11) is 4.04. The van der Waals surface area contributed by atoms with Crippen LogP contribution >= 0.6 is 15.9 Å². The first kappa shape index (κ1) is 14.7. The van der Waals surface area contributed by atoms with Crippen LogP contribution in [0.4, 0.5) is 0 Å². The Morgan fingerprint density at radius 1 is 1.41 bits per heavy atom. The standard InChI is InChI=1S/C13H24BrN3/c1-6-10-12(14)11(17(5)16-10)9-13(2,3)7-8-15-4/h15H,6-9H2,1-5H3. The molecule has 1 aromatic rings. The van der Waals surface area contributed by atoms with Gasteiger partial charge in [-0.15, -0.1) is 0 Å². The highest BCUT2D eigenvalue weighted by Gasteiger charge is 2.23. The van der Waals surface area contributed by atoms with E-state index in [0.717, 1.165) is 25.1 Å². The van der Waals surface area contributed by atoms with E-state index in [2.05, 4.69) is 47.1 Å². The lowest BCUT2D eigenvalue weighted by molar-refractivity contribution is 0.321. The summed E-state index contributed by atoms with van der Waals surface area (Å²) in [6, 6.07) is 0. The number of hydrogen-bond donors (Lipinski definition) is 1. The molecule has 98 valence electrons. The average molecular weight is 302 g/mol. The number of nitrogens with zero attached hydrogens (tertiary/aromatic N) is 2. The zero-order chi connectivity index (χ0) is 13.1. The fourth-order valence-electron chi connectivity index (χ4n) is 2.02. The van der Waals surface area contributed by atoms with Gasteiger partial charge in [0.2, 0.25) is 0 Å². The minimum Gasteiger partial charge on any atom is -0.320 e. The largest absolute Gasteiger partial charge is 0.320 e. The molecule has 0 aromatic carbocycles. The minimum atomic E-state index is 0.296. The maximum atomic E-state index is 4.55. The molecule has 0 atom stereocenters. The van der Waals surface area contributed by atoms with E-state index in [1.807, 2.05) is 18.8 Å². The molecule has 0 radical (unpaired) electrons. The maximum Gasteiger partial charge on any atom is 0.0766 e. The van der Waals surface area contributed by atoms with Crippen LogP contribution in [-0.2, 0) is 19.9 Å². The van der Waals surface area contributed by atoms with Crippen molar-refractivity contribution in [2.45, 2.75) is 40.0 Å². The average Bonchev–Trinajstić information content (AvgIpc) is 2.53. The van der Waals surface area contributed by atoms with Gasteiger partial charge in [0.25, 0.3) is 0 Å². The summed E-state index contributed by atoms with van der Waals surface area (Å²) < 4.78 is 3.21. The van der Waals surface area contributed by atoms with Gasteiger partial charge < -0.3 is 5.32 Å². The molecule has 1 rings (SSSR count). The quantitative estimate of drug-likeness (QED) is 0.875. The Labute approximate surface area is 113 Å². The maximum absolute atomic E-state index is 4.55. The molecule has 0 spiro atoms. The fourth-order valence-corrected chi connectivity index (χ4v) is 2.77. The highest BCUT2D eigenvalue weighted by atomic mass is 79.9. The van der Waals surface area contributed by atoms with Crippen molar-refractivity contribution in [3.63, 3.8) is 0 Å². The summed E-state index contributed by atoms with van der Waals surface area (Å²) in [5.74, 6) is 0. The molecule has 0 saturated heterocycles. The Bertz CT molecular complexity index is 369. The molecule has 0 bridgehead atoms. The molecule has 0 amide bonds. The third-order valence-electron chi connectivity index (χ3n) is 3.20. The van der Waals surface area contributed by atoms with Crippen LogP contribution in [0.15, 0.2) is 4.47 Å². The summed E-state index contributed by atoms with van der Waals surface area (Å²) in [5.41, 5.74) is 2.76. The van der Waals surface area contributed by atoms with Crippen molar-refractivity contribution < 1.29 is 0 Å². The summed E-state index contributed by atoms with van der Waals surface area (Å²) in [5, 5.41) is 7.77. The lowest BCUT2D eigenvalue weighted by Gasteiger charge is -2.24. The summed E-state index contributed by atoms with van der Waals surface area (Å²) in [6.07, 6.45) is 3.20. The van der Waals surface area contributed by atoms with E-state index in [4.69, 9.17) is 0 Å². The van der Waals surface area contributed by atoms with Gasteiger partial charge in [0.15, 0.2) is 0 Å². The van der Waals surface area contributed by atoms with Gasteiger partial charge in [-0.1, -0.05) is 20.8 Å². The molecule has 1 heterocycles. The SMILES string of the molecule is CCc1nn(C)c(CC(C)(C)CCNC)c1Br. The van der Waals surface area contributed by atoms with E-state index in [-0.39, 0.29) is 0 Å². The lowest BCUT2D eigenvalue weighted by atomic mass is 9.84. The van der Waals surface area contributed by atoms with Crippen molar-refractivity contribution in [2.75, 3.05) is 13.6 Å². The predicted octanol–water partition coefficient (Wildman–Crippen LogP) is 2.92. The van der Waals surface area contributed by atoms with Crippen molar-refractivity contribution in [3.8, 4) is 0 Å². The first-order chi connectivity index (χ1) is 7.91. The molecular weight excluding hydrogens is 278 g/mol. The first-order valence-corrected chi connectivity index (χ1v) is 7.05. The predicted molar refractivity (Wildman–Crippen MR) is 76.3 cm³/mol. The molecule has 0 fully saturated rings. The van der Waals surface area contributed by atoms with E-state index in [1.165, 1.54) is 16.6 Å². The van der Waals surface area contributed by atoms with Crippen LogP contribution in [0, 0.1) is 5.41 Å². The van der Waals surface area contributed by atoms with Crippen LogP contribution in [0.2, 0.25) is 0 Å². The van der Waals surface area contributed by atoms with Crippen molar-refractivity contribution in [2.24, 2.45) is 12.5 Å². The molecular formula is C13H24BrN3. The van der Waals surface area contributed by atoms with Crippen molar-refractivity contribution >= 4 is 15.9 Å². The molecule has 1 aromatic heterocycles. The Balaban J connectivity index is 2.83. The van der Waals surface area contributed by atoms with E-state index >= 15 is 0 Å². The van der Waals surface area contributed by atoms with Crippen molar-refractivity contribution in [1.29, 1.82) is 0 Å². The van der Waals surface area contributed by atoms with Gasteiger partial charge in [0, 0.05) is 7.05 Å². The van der Waals surface area contributed by atoms with Crippen LogP contribution in [0.5, 0.6) is 0 Å². The Kier molecular flexibility index (Phi) is 5.20. The second kappa shape index (κ2) is 6.01. The third kappa shape index (κ3) is 3.81. The van der Waals surface area contributed by atoms with Crippen LogP contribution in [0.3, 0.4) is 0 Å². The lowest BCUT2D eigenvalue weighted by Crippen LogP contribution is -2.23. The molecule has 4 heteroatoms. The fraction of sp³-hybridized carbons (Fsp3) is 0.769. The van der Waals surface area contributed by atoms with Gasteiger partial charge in [0.1, 0.15) is 0 Å². The van der Waals surface area contributed by atoms with Gasteiger partial charge in [-0.3, -0.25) is 4.68 Å². The summed E-state index contributed by atoms with van der Waals surface area (Å²) >= 11 is 3.68. The monoisotopic (exact) mass is 301 g/mol. The number of halogens is 1. The minimum absolute atomic E-state index is 0.296. The normalized spacial score (nSPS) is 12.1. The third-order valence-corrected chi connectivity index (χ3v) is 4.12. The van der Waals surface area contributed by atoms with Crippen molar-refractivity contribution in [3.05, 3.63) is 15.9 Å². The molecule has 17 heavy (non-hydrogen) atoms. The van der Waals surface area contributed by atoms with Crippen LogP contribution in [0.25, 0.3) is 0 Å². The molecule has 0 saturated carbocycles.